The number of hydrazine groups is 1. The first-order valence-corrected chi connectivity index (χ1v) is 9.80. The number of nitrogens with one attached hydrogen (secondary N) is 2. The molecule has 0 fully saturated rings. The van der Waals surface area contributed by atoms with E-state index in [-0.39, 0.29) is 16.0 Å². The lowest BCUT2D eigenvalue weighted by molar-refractivity contribution is -0.121. The summed E-state index contributed by atoms with van der Waals surface area (Å²) in [5, 5.41) is 0. The van der Waals surface area contributed by atoms with Crippen LogP contribution in [0.1, 0.15) is 27.6 Å². The van der Waals surface area contributed by atoms with Crippen molar-refractivity contribution in [2.24, 2.45) is 0 Å². The van der Waals surface area contributed by atoms with Crippen molar-refractivity contribution in [2.45, 2.75) is 11.8 Å². The van der Waals surface area contributed by atoms with Crippen LogP contribution in [0.4, 0.5) is 0 Å². The Morgan fingerprint density at radius 2 is 1.57 bits per heavy atom. The quantitative estimate of drug-likeness (QED) is 0.518. The average molecular weight is 403 g/mol. The van der Waals surface area contributed by atoms with Gasteiger partial charge in [0, 0.05) is 0 Å². The second-order valence-electron chi connectivity index (χ2n) is 5.80. The molecule has 146 valence electrons. The van der Waals surface area contributed by atoms with Gasteiger partial charge in [-0.25, -0.2) is 8.42 Å². The third-order valence-electron chi connectivity index (χ3n) is 3.95. The molecule has 9 nitrogen and oxygen atoms in total. The lowest BCUT2D eigenvalue weighted by atomic mass is 10.1. The Labute approximate surface area is 161 Å². The zero-order valence-corrected chi connectivity index (χ0v) is 15.7. The van der Waals surface area contributed by atoms with Crippen LogP contribution in [0.3, 0.4) is 0 Å². The number of imide groups is 1. The van der Waals surface area contributed by atoms with Gasteiger partial charge in [0.2, 0.25) is 0 Å². The minimum Gasteiger partial charge on any atom is -0.494 e. The summed E-state index contributed by atoms with van der Waals surface area (Å²) >= 11 is 0. The largest absolute Gasteiger partial charge is 0.494 e. The molecular weight excluding hydrogens is 386 g/mol. The van der Waals surface area contributed by atoms with Crippen LogP contribution in [-0.2, 0) is 14.8 Å². The highest BCUT2D eigenvalue weighted by molar-refractivity contribution is 7.89. The van der Waals surface area contributed by atoms with Gasteiger partial charge in [0.1, 0.15) is 12.3 Å². The molecule has 28 heavy (non-hydrogen) atoms. The summed E-state index contributed by atoms with van der Waals surface area (Å²) in [6.07, 6.45) is 0. The minimum atomic E-state index is -4.03. The van der Waals surface area contributed by atoms with E-state index in [2.05, 4.69) is 0 Å². The number of fused-ring (bicyclic) bond motifs is 1. The van der Waals surface area contributed by atoms with Crippen LogP contribution in [0.25, 0.3) is 0 Å². The highest BCUT2D eigenvalue weighted by atomic mass is 32.2. The van der Waals surface area contributed by atoms with Crippen LogP contribution >= 0.6 is 0 Å². The first-order valence-electron chi connectivity index (χ1n) is 8.32. The van der Waals surface area contributed by atoms with Crippen molar-refractivity contribution in [2.75, 3.05) is 13.2 Å². The van der Waals surface area contributed by atoms with Gasteiger partial charge in [0.15, 0.2) is 0 Å². The fourth-order valence-electron chi connectivity index (χ4n) is 2.63. The molecule has 0 spiro atoms. The van der Waals surface area contributed by atoms with E-state index in [1.807, 2.05) is 10.3 Å². The monoisotopic (exact) mass is 403 g/mol. The average Bonchev–Trinajstić information content (AvgIpc) is 2.92. The van der Waals surface area contributed by atoms with Crippen molar-refractivity contribution in [3.63, 3.8) is 0 Å². The SMILES string of the molecule is CCOc1ccc(S(=O)(=O)NNC(=O)CN2C(=O)c3ccccc3C2=O)cc1. The molecule has 1 aliphatic heterocycles. The number of ether oxygens (including phenoxy) is 1. The molecule has 0 saturated carbocycles. The van der Waals surface area contributed by atoms with E-state index in [4.69, 9.17) is 4.74 Å². The standard InChI is InChI=1S/C18H17N3O6S/c1-2-27-12-7-9-13(10-8-12)28(25,26)20-19-16(22)11-21-17(23)14-5-3-4-6-15(14)18(21)24/h3-10,20H,2,11H2,1H3,(H,19,22). The molecule has 3 amide bonds. The normalized spacial score (nSPS) is 13.4. The zero-order chi connectivity index (χ0) is 20.3. The molecule has 0 bridgehead atoms. The lowest BCUT2D eigenvalue weighted by Gasteiger charge is -2.14. The van der Waals surface area contributed by atoms with Crippen molar-refractivity contribution < 1.29 is 27.5 Å². The first kappa shape index (κ1) is 19.5. The Bertz CT molecular complexity index is 999. The lowest BCUT2D eigenvalue weighted by Crippen LogP contribution is -2.47. The third kappa shape index (κ3) is 3.87. The molecule has 10 heteroatoms. The van der Waals surface area contributed by atoms with E-state index in [1.54, 1.807) is 19.1 Å². The summed E-state index contributed by atoms with van der Waals surface area (Å²) in [4.78, 5) is 39.1. The predicted octanol–water partition coefficient (Wildman–Crippen LogP) is 0.691. The minimum absolute atomic E-state index is 0.0861. The summed E-state index contributed by atoms with van der Waals surface area (Å²) in [6.45, 7) is 1.63. The van der Waals surface area contributed by atoms with E-state index >= 15 is 0 Å². The third-order valence-corrected chi connectivity index (χ3v) is 5.21. The number of hydrogen-bond acceptors (Lipinski definition) is 6. The summed E-state index contributed by atoms with van der Waals surface area (Å²) in [5.41, 5.74) is 2.41. The Morgan fingerprint density at radius 3 is 2.11 bits per heavy atom. The van der Waals surface area contributed by atoms with Gasteiger partial charge in [-0.1, -0.05) is 12.1 Å². The van der Waals surface area contributed by atoms with Gasteiger partial charge in [0.25, 0.3) is 27.7 Å². The number of benzene rings is 2. The molecule has 1 heterocycles. The van der Waals surface area contributed by atoms with E-state index in [9.17, 15) is 22.8 Å². The molecule has 0 radical (unpaired) electrons. The van der Waals surface area contributed by atoms with Crippen molar-refractivity contribution in [3.05, 3.63) is 59.7 Å². The van der Waals surface area contributed by atoms with Gasteiger partial charge in [-0.05, 0) is 43.3 Å². The molecule has 3 rings (SSSR count). The van der Waals surface area contributed by atoms with Crippen LogP contribution in [0.5, 0.6) is 5.75 Å². The molecule has 0 atom stereocenters. The van der Waals surface area contributed by atoms with Crippen molar-refractivity contribution in [3.8, 4) is 5.75 Å². The summed E-state index contributed by atoms with van der Waals surface area (Å²) in [7, 11) is -4.03. The fourth-order valence-corrected chi connectivity index (χ4v) is 3.49. The molecule has 0 aliphatic carbocycles. The predicted molar refractivity (Wildman–Crippen MR) is 97.9 cm³/mol. The highest BCUT2D eigenvalue weighted by Crippen LogP contribution is 2.22. The van der Waals surface area contributed by atoms with Crippen LogP contribution < -0.4 is 15.0 Å². The fraction of sp³-hybridized carbons (Fsp3) is 0.167. The number of hydrogen-bond donors (Lipinski definition) is 2. The summed E-state index contributed by atoms with van der Waals surface area (Å²) < 4.78 is 29.7. The van der Waals surface area contributed by atoms with E-state index < -0.39 is 34.3 Å². The van der Waals surface area contributed by atoms with E-state index in [0.29, 0.717) is 12.4 Å². The van der Waals surface area contributed by atoms with Crippen LogP contribution in [0.15, 0.2) is 53.4 Å². The van der Waals surface area contributed by atoms with Crippen LogP contribution in [-0.4, -0.2) is 44.2 Å². The Morgan fingerprint density at radius 1 is 1.00 bits per heavy atom. The molecule has 0 unspecified atom stereocenters. The molecule has 2 aromatic rings. The molecule has 2 N–H and O–H groups in total. The number of rotatable bonds is 7. The molecular formula is C18H17N3O6S. The number of carbonyl (C=O) groups is 3. The summed E-state index contributed by atoms with van der Waals surface area (Å²) in [6, 6.07) is 11.8. The van der Waals surface area contributed by atoms with Gasteiger partial charge < -0.3 is 4.74 Å². The van der Waals surface area contributed by atoms with Gasteiger partial charge in [-0.15, -0.1) is 4.83 Å². The van der Waals surface area contributed by atoms with E-state index in [0.717, 1.165) is 4.90 Å². The second-order valence-corrected chi connectivity index (χ2v) is 7.48. The number of carbonyl (C=O) groups excluding carboxylic acids is 3. The van der Waals surface area contributed by atoms with Crippen molar-refractivity contribution in [1.82, 2.24) is 15.2 Å². The smallest absolute Gasteiger partial charge is 0.262 e. The second kappa shape index (κ2) is 7.79. The Hall–Kier alpha value is -3.24. The van der Waals surface area contributed by atoms with Crippen molar-refractivity contribution >= 4 is 27.7 Å². The first-order chi connectivity index (χ1) is 13.3. The maximum absolute atomic E-state index is 12.2. The number of nitrogens with zero attached hydrogens (tertiary/aromatic N) is 1. The van der Waals surface area contributed by atoms with Crippen molar-refractivity contribution in [1.29, 1.82) is 0 Å². The van der Waals surface area contributed by atoms with Gasteiger partial charge in [-0.2, -0.15) is 0 Å². The van der Waals surface area contributed by atoms with Crippen LogP contribution in [0.2, 0.25) is 0 Å². The zero-order valence-electron chi connectivity index (χ0n) is 14.8. The summed E-state index contributed by atoms with van der Waals surface area (Å²) in [5.74, 6) is -1.56. The van der Waals surface area contributed by atoms with Gasteiger partial charge >= 0.3 is 0 Å². The molecule has 0 saturated heterocycles. The Balaban J connectivity index is 1.61. The van der Waals surface area contributed by atoms with Gasteiger partial charge in [-0.3, -0.25) is 24.7 Å². The highest BCUT2D eigenvalue weighted by Gasteiger charge is 2.36. The molecule has 1 aliphatic rings. The molecule has 2 aromatic carbocycles. The van der Waals surface area contributed by atoms with Gasteiger partial charge in [0.05, 0.1) is 22.6 Å². The number of sulfonamides is 1. The van der Waals surface area contributed by atoms with Crippen LogP contribution in [0, 0.1) is 0 Å². The number of amides is 3. The van der Waals surface area contributed by atoms with E-state index in [1.165, 1.54) is 36.4 Å². The Kier molecular flexibility index (Phi) is 5.43. The molecule has 0 aromatic heterocycles. The maximum Gasteiger partial charge on any atom is 0.262 e. The maximum atomic E-state index is 12.2. The topological polar surface area (TPSA) is 122 Å².